The molecule has 0 amide bonds. The number of aromatic hydroxyl groups is 1. The fraction of sp³-hybridized carbons (Fsp3) is 0. The lowest BCUT2D eigenvalue weighted by Gasteiger charge is -2.08. The number of nitrogens with zero attached hydrogens (tertiary/aromatic N) is 2. The molecule has 0 aliphatic heterocycles. The van der Waals surface area contributed by atoms with E-state index < -0.39 is 0 Å². The van der Waals surface area contributed by atoms with E-state index in [9.17, 15) is 5.11 Å². The first-order chi connectivity index (χ1) is 8.65. The second-order valence-corrected chi connectivity index (χ2v) is 3.91. The van der Waals surface area contributed by atoms with Crippen LogP contribution in [0, 0.1) is 5.41 Å². The van der Waals surface area contributed by atoms with Crippen LogP contribution in [-0.4, -0.2) is 29.4 Å². The van der Waals surface area contributed by atoms with Crippen LogP contribution in [0.5, 0.6) is 5.75 Å². The Kier molecular flexibility index (Phi) is 3.23. The minimum absolute atomic E-state index is 0.105. The van der Waals surface area contributed by atoms with Crippen molar-refractivity contribution >= 4 is 25.7 Å². The van der Waals surface area contributed by atoms with Gasteiger partial charge >= 0.3 is 0 Å². The fourth-order valence-corrected chi connectivity index (χ4v) is 1.67. The van der Waals surface area contributed by atoms with Crippen molar-refractivity contribution in [3.05, 3.63) is 42.0 Å². The molecule has 1 aromatic heterocycles. The minimum atomic E-state index is 0.105. The van der Waals surface area contributed by atoms with Crippen molar-refractivity contribution < 1.29 is 5.11 Å². The van der Waals surface area contributed by atoms with E-state index in [1.54, 1.807) is 24.3 Å². The van der Waals surface area contributed by atoms with E-state index in [0.717, 1.165) is 5.59 Å². The van der Waals surface area contributed by atoms with Crippen LogP contribution in [0.3, 0.4) is 0 Å². The zero-order valence-corrected chi connectivity index (χ0v) is 10.0. The van der Waals surface area contributed by atoms with E-state index in [4.69, 9.17) is 5.41 Å². The third-order valence-electron chi connectivity index (χ3n) is 2.65. The maximum Gasteiger partial charge on any atom is 0.166 e. The number of aromatic nitrogens is 2. The molecule has 2 rings (SSSR count). The summed E-state index contributed by atoms with van der Waals surface area (Å²) in [6.45, 7) is 3.65. The molecule has 88 valence electrons. The van der Waals surface area contributed by atoms with Crippen molar-refractivity contribution in [3.8, 4) is 17.0 Å². The molecule has 0 aliphatic rings. The van der Waals surface area contributed by atoms with Gasteiger partial charge in [-0.3, -0.25) is 0 Å². The summed E-state index contributed by atoms with van der Waals surface area (Å²) in [4.78, 5) is 0. The van der Waals surface area contributed by atoms with Crippen molar-refractivity contribution in [1.82, 2.24) is 10.2 Å². The maximum absolute atomic E-state index is 9.97. The fourth-order valence-electron chi connectivity index (χ4n) is 1.67. The van der Waals surface area contributed by atoms with Gasteiger partial charge in [0.15, 0.2) is 7.85 Å². The highest BCUT2D eigenvalue weighted by atomic mass is 16.3. The first-order valence-corrected chi connectivity index (χ1v) is 5.46. The van der Waals surface area contributed by atoms with Crippen LogP contribution in [0.1, 0.15) is 11.1 Å². The average molecular weight is 237 g/mol. The number of hydrogen-bond donors (Lipinski definition) is 2. The lowest BCUT2D eigenvalue weighted by molar-refractivity contribution is 0.477. The molecule has 4 nitrogen and oxygen atoms in total. The van der Waals surface area contributed by atoms with Gasteiger partial charge in [0.1, 0.15) is 5.75 Å². The zero-order chi connectivity index (χ0) is 13.1. The van der Waals surface area contributed by atoms with Gasteiger partial charge in [0.2, 0.25) is 0 Å². The molecule has 18 heavy (non-hydrogen) atoms. The minimum Gasteiger partial charge on any atom is -0.507 e. The predicted octanol–water partition coefficient (Wildman–Crippen LogP) is 0.748. The monoisotopic (exact) mass is 237 g/mol. The lowest BCUT2D eigenvalue weighted by atomic mass is 10.00. The number of phenolic OH excluding ortho intramolecular Hbond substituents is 1. The van der Waals surface area contributed by atoms with Crippen LogP contribution >= 0.6 is 0 Å². The number of benzene rings is 1. The summed E-state index contributed by atoms with van der Waals surface area (Å²) in [6.07, 6.45) is 2.83. The Labute approximate surface area is 106 Å². The van der Waals surface area contributed by atoms with Crippen molar-refractivity contribution in [1.29, 1.82) is 5.41 Å². The summed E-state index contributed by atoms with van der Waals surface area (Å²) in [7, 11) is 1.85. The average Bonchev–Trinajstić information content (AvgIpc) is 2.39. The van der Waals surface area contributed by atoms with Crippen LogP contribution in [-0.2, 0) is 0 Å². The summed E-state index contributed by atoms with van der Waals surface area (Å²) in [6, 6.07) is 6.90. The Morgan fingerprint density at radius 3 is 2.56 bits per heavy atom. The molecule has 0 aliphatic carbocycles. The van der Waals surface area contributed by atoms with Crippen LogP contribution in [0.15, 0.2) is 30.8 Å². The normalized spacial score (nSPS) is 10.0. The van der Waals surface area contributed by atoms with Gasteiger partial charge in [-0.2, -0.15) is 10.2 Å². The van der Waals surface area contributed by atoms with E-state index in [0.29, 0.717) is 22.4 Å². The molecule has 0 saturated heterocycles. The van der Waals surface area contributed by atoms with Crippen molar-refractivity contribution in [2.75, 3.05) is 0 Å². The van der Waals surface area contributed by atoms with Gasteiger partial charge in [0, 0.05) is 22.9 Å². The molecule has 0 saturated carbocycles. The summed E-state index contributed by atoms with van der Waals surface area (Å²) in [5, 5.41) is 25.3. The van der Waals surface area contributed by atoms with E-state index >= 15 is 0 Å². The van der Waals surface area contributed by atoms with Crippen LogP contribution in [0.25, 0.3) is 17.3 Å². The Bertz CT molecular complexity index is 608. The summed E-state index contributed by atoms with van der Waals surface area (Å²) >= 11 is 0. The van der Waals surface area contributed by atoms with Gasteiger partial charge < -0.3 is 10.5 Å². The quantitative estimate of drug-likeness (QED) is 0.611. The molecule has 2 N–H and O–H groups in total. The molecule has 0 radical (unpaired) electrons. The first kappa shape index (κ1) is 12.0. The zero-order valence-electron chi connectivity index (χ0n) is 10.0. The SMILES string of the molecule is Bc1ccc(-c2cc(C=N)c(C=C)cc2O)nn1. The maximum atomic E-state index is 9.97. The topological polar surface area (TPSA) is 69.9 Å². The van der Waals surface area contributed by atoms with Crippen LogP contribution in [0.2, 0.25) is 0 Å². The number of hydrogen-bond acceptors (Lipinski definition) is 4. The molecule has 0 bridgehead atoms. The summed E-state index contributed by atoms with van der Waals surface area (Å²) < 4.78 is 0. The lowest BCUT2D eigenvalue weighted by Crippen LogP contribution is -2.09. The van der Waals surface area contributed by atoms with Crippen molar-refractivity contribution in [2.45, 2.75) is 0 Å². The molecule has 0 spiro atoms. The van der Waals surface area contributed by atoms with Crippen molar-refractivity contribution in [3.63, 3.8) is 0 Å². The Morgan fingerprint density at radius 2 is 2.00 bits per heavy atom. The second kappa shape index (κ2) is 4.83. The summed E-state index contributed by atoms with van der Waals surface area (Å²) in [5.41, 5.74) is 3.35. The second-order valence-electron chi connectivity index (χ2n) is 3.91. The Morgan fingerprint density at radius 1 is 1.22 bits per heavy atom. The Hall–Kier alpha value is -2.43. The molecule has 1 aromatic carbocycles. The highest BCUT2D eigenvalue weighted by Gasteiger charge is 2.09. The van der Waals surface area contributed by atoms with Crippen molar-refractivity contribution in [2.24, 2.45) is 0 Å². The molecule has 0 fully saturated rings. The number of phenols is 1. The van der Waals surface area contributed by atoms with Gasteiger partial charge in [-0.25, -0.2) is 0 Å². The smallest absolute Gasteiger partial charge is 0.166 e. The van der Waals surface area contributed by atoms with E-state index in [2.05, 4.69) is 16.8 Å². The molecular weight excluding hydrogens is 225 g/mol. The van der Waals surface area contributed by atoms with Gasteiger partial charge in [-0.05, 0) is 29.8 Å². The van der Waals surface area contributed by atoms with Gasteiger partial charge in [0.25, 0.3) is 0 Å². The molecule has 0 unspecified atom stereocenters. The first-order valence-electron chi connectivity index (χ1n) is 5.46. The molecule has 2 aromatic rings. The Balaban J connectivity index is 2.60. The van der Waals surface area contributed by atoms with Gasteiger partial charge in [0.05, 0.1) is 5.69 Å². The van der Waals surface area contributed by atoms with Gasteiger partial charge in [-0.1, -0.05) is 12.7 Å². The molecule has 0 atom stereocenters. The molecular formula is C13H12BN3O. The summed E-state index contributed by atoms with van der Waals surface area (Å²) in [5.74, 6) is 0.105. The highest BCUT2D eigenvalue weighted by Crippen LogP contribution is 2.30. The standard InChI is InChI=1S/C13H12BN3O/c1-2-8-6-12(18)10(5-9(8)7-15)11-3-4-13(14)17-16-11/h2-7,15,18H,1,14H2. The van der Waals surface area contributed by atoms with E-state index in [-0.39, 0.29) is 5.75 Å². The largest absolute Gasteiger partial charge is 0.507 e. The van der Waals surface area contributed by atoms with Crippen LogP contribution in [0.4, 0.5) is 0 Å². The van der Waals surface area contributed by atoms with E-state index in [1.165, 1.54) is 6.21 Å². The number of nitrogens with one attached hydrogen (secondary N) is 1. The number of rotatable bonds is 3. The highest BCUT2D eigenvalue weighted by molar-refractivity contribution is 6.30. The molecule has 5 heteroatoms. The van der Waals surface area contributed by atoms with E-state index in [1.807, 2.05) is 13.9 Å². The third-order valence-corrected chi connectivity index (χ3v) is 2.65. The molecule has 1 heterocycles. The predicted molar refractivity (Wildman–Crippen MR) is 75.3 cm³/mol. The van der Waals surface area contributed by atoms with Crippen LogP contribution < -0.4 is 5.59 Å². The van der Waals surface area contributed by atoms with Gasteiger partial charge in [-0.15, -0.1) is 0 Å². The third kappa shape index (κ3) is 2.15.